The van der Waals surface area contributed by atoms with E-state index >= 15 is 0 Å². The number of rotatable bonds is 3. The molecule has 1 nitrogen and oxygen atoms in total. The summed E-state index contributed by atoms with van der Waals surface area (Å²) in [5.74, 6) is 9.09. The molecule has 2 rings (SSSR count). The zero-order valence-corrected chi connectivity index (χ0v) is 13.3. The fraction of sp³-hybridized carbons (Fsp3) is 0.190. The molecule has 0 aliphatic rings. The Bertz CT molecular complexity index is 899. The number of aryl methyl sites for hydroxylation is 1. The van der Waals surface area contributed by atoms with Crippen LogP contribution in [0.25, 0.3) is 0 Å². The molecule has 2 aromatic carbocycles. The Balaban J connectivity index is 2.21. The summed E-state index contributed by atoms with van der Waals surface area (Å²) < 4.78 is 27.8. The second-order valence-electron chi connectivity index (χ2n) is 5.22. The van der Waals surface area contributed by atoms with Gasteiger partial charge in [-0.25, -0.2) is 8.78 Å². The van der Waals surface area contributed by atoms with Gasteiger partial charge in [0.1, 0.15) is 11.6 Å². The van der Waals surface area contributed by atoms with Gasteiger partial charge in [0.05, 0.1) is 11.1 Å². The zero-order valence-electron chi connectivity index (χ0n) is 13.3. The second-order valence-corrected chi connectivity index (χ2v) is 5.22. The van der Waals surface area contributed by atoms with Gasteiger partial charge < -0.3 is 0 Å². The van der Waals surface area contributed by atoms with Crippen molar-refractivity contribution < 1.29 is 8.78 Å². The van der Waals surface area contributed by atoms with Gasteiger partial charge in [-0.1, -0.05) is 31.3 Å². The summed E-state index contributed by atoms with van der Waals surface area (Å²) in [7, 11) is 0. The highest BCUT2D eigenvalue weighted by Gasteiger charge is 2.02. The van der Waals surface area contributed by atoms with E-state index in [-0.39, 0.29) is 16.9 Å². The van der Waals surface area contributed by atoms with E-state index in [9.17, 15) is 8.78 Å². The van der Waals surface area contributed by atoms with Crippen LogP contribution in [0.1, 0.15) is 42.0 Å². The summed E-state index contributed by atoms with van der Waals surface area (Å²) in [6.45, 7) is 2.09. The van der Waals surface area contributed by atoms with Crippen molar-refractivity contribution in [3.63, 3.8) is 0 Å². The van der Waals surface area contributed by atoms with Gasteiger partial charge in [-0.05, 0) is 54.7 Å². The van der Waals surface area contributed by atoms with E-state index in [2.05, 4.69) is 30.6 Å². The van der Waals surface area contributed by atoms with E-state index in [4.69, 9.17) is 5.26 Å². The maximum atomic E-state index is 14.0. The fourth-order valence-corrected chi connectivity index (χ4v) is 2.13. The number of nitrogens with zero attached hydrogens (tertiary/aromatic N) is 1. The molecule has 0 atom stereocenters. The minimum absolute atomic E-state index is 0.133. The van der Waals surface area contributed by atoms with Crippen molar-refractivity contribution in [1.29, 1.82) is 5.26 Å². The van der Waals surface area contributed by atoms with Crippen molar-refractivity contribution >= 4 is 0 Å². The molecule has 0 spiro atoms. The molecule has 0 aliphatic heterocycles. The van der Waals surface area contributed by atoms with Crippen LogP contribution in [0, 0.1) is 46.6 Å². The monoisotopic (exact) mass is 319 g/mol. The van der Waals surface area contributed by atoms with Gasteiger partial charge in [-0.2, -0.15) is 5.26 Å². The summed E-state index contributed by atoms with van der Waals surface area (Å²) >= 11 is 0. The van der Waals surface area contributed by atoms with Gasteiger partial charge in [0.2, 0.25) is 0 Å². The number of hydrogen-bond donors (Lipinski definition) is 0. The maximum Gasteiger partial charge on any atom is 0.152 e. The van der Waals surface area contributed by atoms with E-state index in [1.165, 1.54) is 18.2 Å². The molecule has 0 aromatic heterocycles. The van der Waals surface area contributed by atoms with Gasteiger partial charge in [-0.3, -0.25) is 0 Å². The molecule has 0 saturated heterocycles. The second kappa shape index (κ2) is 8.52. The van der Waals surface area contributed by atoms with Crippen LogP contribution in [0.2, 0.25) is 0 Å². The normalized spacial score (nSPS) is 9.25. The summed E-state index contributed by atoms with van der Waals surface area (Å²) in [5.41, 5.74) is 1.79. The van der Waals surface area contributed by atoms with Gasteiger partial charge in [0.15, 0.2) is 6.07 Å². The van der Waals surface area contributed by atoms with Crippen LogP contribution >= 0.6 is 0 Å². The molecule has 0 saturated carbocycles. The van der Waals surface area contributed by atoms with Crippen molar-refractivity contribution in [3.8, 4) is 29.8 Å². The lowest BCUT2D eigenvalue weighted by molar-refractivity contribution is 0.620. The molecule has 2 aromatic rings. The number of benzene rings is 2. The average Bonchev–Trinajstić information content (AvgIpc) is 2.58. The Morgan fingerprint density at radius 3 is 2.29 bits per heavy atom. The third-order valence-electron chi connectivity index (χ3n) is 3.42. The van der Waals surface area contributed by atoms with Crippen LogP contribution in [0.3, 0.4) is 0 Å². The topological polar surface area (TPSA) is 23.8 Å². The zero-order chi connectivity index (χ0) is 17.4. The molecule has 0 fully saturated rings. The molecule has 0 unspecified atom stereocenters. The molecule has 0 amide bonds. The van der Waals surface area contributed by atoms with E-state index < -0.39 is 5.82 Å². The van der Waals surface area contributed by atoms with Gasteiger partial charge in [0.25, 0.3) is 0 Å². The first-order valence-corrected chi connectivity index (χ1v) is 7.64. The third kappa shape index (κ3) is 4.70. The standard InChI is InChI=1S/C21H15F2N/c1-2-3-5-16-7-11-19(21(23)14-16)12-9-17-8-10-18(6-4-13-24)20(22)15-17/h7-8,10-11,14-15H,2-3,5H2,1H3. The predicted octanol–water partition coefficient (Wildman–Crippen LogP) is 4.58. The van der Waals surface area contributed by atoms with E-state index in [1.54, 1.807) is 18.2 Å². The summed E-state index contributed by atoms with van der Waals surface area (Å²) in [6, 6.07) is 10.9. The average molecular weight is 319 g/mol. The Labute approximate surface area is 140 Å². The number of halogens is 2. The van der Waals surface area contributed by atoms with Gasteiger partial charge in [-0.15, -0.1) is 0 Å². The van der Waals surface area contributed by atoms with Gasteiger partial charge >= 0.3 is 0 Å². The molecule has 0 bridgehead atoms. The summed E-state index contributed by atoms with van der Waals surface area (Å²) in [5, 5.41) is 8.37. The summed E-state index contributed by atoms with van der Waals surface area (Å²) in [4.78, 5) is 0. The minimum atomic E-state index is -0.556. The third-order valence-corrected chi connectivity index (χ3v) is 3.42. The van der Waals surface area contributed by atoms with E-state index in [0.29, 0.717) is 5.56 Å². The maximum absolute atomic E-state index is 14.0. The molecular weight excluding hydrogens is 304 g/mol. The SMILES string of the molecule is CCCCc1ccc(C#Cc2ccc(C#CC#N)c(F)c2)c(F)c1. The Morgan fingerprint density at radius 1 is 0.917 bits per heavy atom. The van der Waals surface area contributed by atoms with Crippen LogP contribution in [-0.2, 0) is 6.42 Å². The molecule has 24 heavy (non-hydrogen) atoms. The van der Waals surface area contributed by atoms with Crippen molar-refractivity contribution in [1.82, 2.24) is 0 Å². The van der Waals surface area contributed by atoms with Crippen LogP contribution in [0.15, 0.2) is 36.4 Å². The Hall–Kier alpha value is -3.09. The van der Waals surface area contributed by atoms with Crippen LogP contribution in [0.4, 0.5) is 8.78 Å². The Morgan fingerprint density at radius 2 is 1.62 bits per heavy atom. The lowest BCUT2D eigenvalue weighted by Crippen LogP contribution is -1.90. The van der Waals surface area contributed by atoms with Crippen LogP contribution in [0.5, 0.6) is 0 Å². The number of nitriles is 1. The van der Waals surface area contributed by atoms with Crippen molar-refractivity contribution in [3.05, 3.63) is 70.3 Å². The smallest absolute Gasteiger partial charge is 0.152 e. The lowest BCUT2D eigenvalue weighted by Gasteiger charge is -2.01. The van der Waals surface area contributed by atoms with Crippen LogP contribution in [-0.4, -0.2) is 0 Å². The molecule has 0 aliphatic carbocycles. The van der Waals surface area contributed by atoms with Gasteiger partial charge in [0, 0.05) is 11.5 Å². The molecule has 0 N–H and O–H groups in total. The minimum Gasteiger partial charge on any atom is -0.206 e. The number of hydrogen-bond acceptors (Lipinski definition) is 1. The predicted molar refractivity (Wildman–Crippen MR) is 89.9 cm³/mol. The Kier molecular flexibility index (Phi) is 6.13. The largest absolute Gasteiger partial charge is 0.206 e. The summed E-state index contributed by atoms with van der Waals surface area (Å²) in [6.07, 6.45) is 2.92. The molecule has 118 valence electrons. The first-order chi connectivity index (χ1) is 11.6. The number of unbranched alkanes of at least 4 members (excludes halogenated alkanes) is 1. The highest BCUT2D eigenvalue weighted by Crippen LogP contribution is 2.13. The highest BCUT2D eigenvalue weighted by molar-refractivity contribution is 5.47. The van der Waals surface area contributed by atoms with Crippen molar-refractivity contribution in [2.75, 3.05) is 0 Å². The quantitative estimate of drug-likeness (QED) is 0.760. The van der Waals surface area contributed by atoms with Crippen LogP contribution < -0.4 is 0 Å². The lowest BCUT2D eigenvalue weighted by atomic mass is 10.1. The molecule has 0 radical (unpaired) electrons. The first-order valence-electron chi connectivity index (χ1n) is 7.64. The fourth-order valence-electron chi connectivity index (χ4n) is 2.13. The highest BCUT2D eigenvalue weighted by atomic mass is 19.1. The van der Waals surface area contributed by atoms with E-state index in [1.807, 2.05) is 6.07 Å². The van der Waals surface area contributed by atoms with Crippen molar-refractivity contribution in [2.24, 2.45) is 0 Å². The molecule has 0 heterocycles. The van der Waals surface area contributed by atoms with E-state index in [0.717, 1.165) is 24.8 Å². The van der Waals surface area contributed by atoms with Crippen molar-refractivity contribution in [2.45, 2.75) is 26.2 Å². The first kappa shape index (κ1) is 17.3. The molecule has 3 heteroatoms. The molecular formula is C21H15F2N.